The molecule has 1 unspecified atom stereocenters. The Morgan fingerprint density at radius 2 is 2.21 bits per heavy atom. The van der Waals surface area contributed by atoms with Gasteiger partial charge in [0.2, 0.25) is 5.01 Å². The predicted octanol–water partition coefficient (Wildman–Crippen LogP) is 1.82. The quantitative estimate of drug-likeness (QED) is 0.522. The van der Waals surface area contributed by atoms with Crippen LogP contribution in [0.5, 0.6) is 0 Å². The van der Waals surface area contributed by atoms with Gasteiger partial charge in [-0.05, 0) is 18.4 Å². The summed E-state index contributed by atoms with van der Waals surface area (Å²) in [4.78, 5) is 24.3. The molecule has 3 heterocycles. The lowest BCUT2D eigenvalue weighted by Crippen LogP contribution is -2.24. The molecule has 1 aliphatic heterocycles. The maximum atomic E-state index is 12.3. The topological polar surface area (TPSA) is 115 Å². The number of hydrogen-bond donors (Lipinski definition) is 2. The summed E-state index contributed by atoms with van der Waals surface area (Å²) in [5.41, 5.74) is 0.769. The molecule has 152 valence electrons. The maximum Gasteiger partial charge on any atom is 0.344 e. The van der Waals surface area contributed by atoms with E-state index in [-0.39, 0.29) is 17.7 Å². The number of ether oxygens (including phenoxy) is 1. The van der Waals surface area contributed by atoms with Gasteiger partial charge in [-0.3, -0.25) is 9.36 Å². The monoisotopic (exact) mass is 432 g/mol. The highest BCUT2D eigenvalue weighted by Gasteiger charge is 2.20. The SMILES string of the molecule is O=C(NCc1ccccc1)c1nnc(CSc2n[nH]c(=O)n2CC2CCCO2)s1. The number of carbonyl (C=O) groups excluding carboxylic acids is 1. The zero-order valence-electron chi connectivity index (χ0n) is 15.5. The molecule has 1 fully saturated rings. The van der Waals surface area contributed by atoms with Crippen molar-refractivity contribution in [2.24, 2.45) is 0 Å². The van der Waals surface area contributed by atoms with Crippen molar-refractivity contribution >= 4 is 29.0 Å². The number of nitrogens with zero attached hydrogens (tertiary/aromatic N) is 4. The van der Waals surface area contributed by atoms with Crippen molar-refractivity contribution in [1.82, 2.24) is 30.3 Å². The molecule has 0 radical (unpaired) electrons. The van der Waals surface area contributed by atoms with E-state index >= 15 is 0 Å². The largest absolute Gasteiger partial charge is 0.376 e. The summed E-state index contributed by atoms with van der Waals surface area (Å²) >= 11 is 2.62. The van der Waals surface area contributed by atoms with E-state index in [1.165, 1.54) is 23.1 Å². The van der Waals surface area contributed by atoms with Crippen LogP contribution in [-0.4, -0.2) is 43.6 Å². The van der Waals surface area contributed by atoms with Crippen molar-refractivity contribution < 1.29 is 9.53 Å². The molecule has 11 heteroatoms. The van der Waals surface area contributed by atoms with Crippen LogP contribution >= 0.6 is 23.1 Å². The molecule has 2 aromatic heterocycles. The second-order valence-electron chi connectivity index (χ2n) is 6.51. The highest BCUT2D eigenvalue weighted by atomic mass is 32.2. The average Bonchev–Trinajstić information content (AvgIpc) is 3.49. The van der Waals surface area contributed by atoms with E-state index in [0.717, 1.165) is 25.0 Å². The molecule has 1 saturated heterocycles. The third kappa shape index (κ3) is 5.11. The summed E-state index contributed by atoms with van der Waals surface area (Å²) < 4.78 is 7.20. The van der Waals surface area contributed by atoms with Gasteiger partial charge < -0.3 is 10.1 Å². The first-order valence-electron chi connectivity index (χ1n) is 9.23. The molecule has 0 saturated carbocycles. The second-order valence-corrected chi connectivity index (χ2v) is 8.52. The van der Waals surface area contributed by atoms with Crippen LogP contribution in [0.15, 0.2) is 40.3 Å². The fourth-order valence-corrected chi connectivity index (χ4v) is 4.65. The number of hydrogen-bond acceptors (Lipinski definition) is 8. The van der Waals surface area contributed by atoms with Gasteiger partial charge in [0.15, 0.2) is 5.16 Å². The van der Waals surface area contributed by atoms with E-state index in [9.17, 15) is 9.59 Å². The van der Waals surface area contributed by atoms with Gasteiger partial charge in [0.25, 0.3) is 5.91 Å². The molecule has 1 aliphatic rings. The van der Waals surface area contributed by atoms with Crippen molar-refractivity contribution in [3.8, 4) is 0 Å². The number of H-pyrrole nitrogens is 1. The molecule has 29 heavy (non-hydrogen) atoms. The smallest absolute Gasteiger partial charge is 0.344 e. The van der Waals surface area contributed by atoms with Gasteiger partial charge in [-0.1, -0.05) is 53.4 Å². The van der Waals surface area contributed by atoms with Crippen LogP contribution < -0.4 is 11.0 Å². The van der Waals surface area contributed by atoms with Crippen LogP contribution in [0, 0.1) is 0 Å². The summed E-state index contributed by atoms with van der Waals surface area (Å²) in [6, 6.07) is 9.68. The minimum Gasteiger partial charge on any atom is -0.376 e. The molecular weight excluding hydrogens is 412 g/mol. The van der Waals surface area contributed by atoms with Crippen molar-refractivity contribution in [3.63, 3.8) is 0 Å². The Balaban J connectivity index is 1.32. The van der Waals surface area contributed by atoms with Gasteiger partial charge in [0.1, 0.15) is 5.01 Å². The molecule has 4 rings (SSSR count). The van der Waals surface area contributed by atoms with Crippen molar-refractivity contribution in [2.75, 3.05) is 6.61 Å². The molecule has 9 nitrogen and oxygen atoms in total. The Morgan fingerprint density at radius 1 is 1.34 bits per heavy atom. The summed E-state index contributed by atoms with van der Waals surface area (Å²) in [5, 5.41) is 19.1. The van der Waals surface area contributed by atoms with Gasteiger partial charge in [-0.2, -0.15) is 0 Å². The number of amides is 1. The molecule has 0 spiro atoms. The van der Waals surface area contributed by atoms with Crippen LogP contribution in [0.25, 0.3) is 0 Å². The van der Waals surface area contributed by atoms with Gasteiger partial charge in [-0.25, -0.2) is 9.89 Å². The van der Waals surface area contributed by atoms with Crippen molar-refractivity contribution in [2.45, 2.75) is 42.9 Å². The highest BCUT2D eigenvalue weighted by molar-refractivity contribution is 7.98. The minimum atomic E-state index is -0.252. The molecular formula is C18H20N6O3S2. The number of thioether (sulfide) groups is 1. The zero-order chi connectivity index (χ0) is 20.1. The highest BCUT2D eigenvalue weighted by Crippen LogP contribution is 2.23. The standard InChI is InChI=1S/C18H20N6O3S2/c25-15(19-9-12-5-2-1-3-6-12)16-21-20-14(29-16)11-28-18-23-22-17(26)24(18)10-13-7-4-8-27-13/h1-3,5-6,13H,4,7-11H2,(H,19,25)(H,22,26). The number of carbonyl (C=O) groups is 1. The molecule has 1 amide bonds. The Labute approximate surface area is 174 Å². The van der Waals surface area contributed by atoms with E-state index in [4.69, 9.17) is 4.74 Å². The van der Waals surface area contributed by atoms with E-state index < -0.39 is 0 Å². The van der Waals surface area contributed by atoms with E-state index in [2.05, 4.69) is 25.7 Å². The van der Waals surface area contributed by atoms with Gasteiger partial charge in [-0.15, -0.1) is 15.3 Å². The van der Waals surface area contributed by atoms with Crippen LogP contribution in [0.3, 0.4) is 0 Å². The first-order chi connectivity index (χ1) is 14.2. The number of nitrogens with one attached hydrogen (secondary N) is 2. The Morgan fingerprint density at radius 3 is 3.00 bits per heavy atom. The third-order valence-corrected chi connectivity index (χ3v) is 6.51. The summed E-state index contributed by atoms with van der Waals surface area (Å²) in [6.45, 7) is 1.66. The fraction of sp³-hybridized carbons (Fsp3) is 0.389. The Hall–Kier alpha value is -2.50. The Kier molecular flexibility index (Phi) is 6.37. The molecule has 2 N–H and O–H groups in total. The number of benzene rings is 1. The lowest BCUT2D eigenvalue weighted by atomic mass is 10.2. The van der Waals surface area contributed by atoms with Crippen LogP contribution in [0.4, 0.5) is 0 Å². The Bertz CT molecular complexity index is 1010. The molecule has 3 aromatic rings. The first kappa shape index (κ1) is 19.8. The third-order valence-electron chi connectivity index (χ3n) is 4.42. The normalized spacial score (nSPS) is 16.2. The maximum absolute atomic E-state index is 12.3. The van der Waals surface area contributed by atoms with Crippen LogP contribution in [0.2, 0.25) is 0 Å². The first-order valence-corrected chi connectivity index (χ1v) is 11.0. The molecule has 1 atom stereocenters. The van der Waals surface area contributed by atoms with Gasteiger partial charge >= 0.3 is 5.69 Å². The summed E-state index contributed by atoms with van der Waals surface area (Å²) in [5.74, 6) is 0.220. The molecule has 0 bridgehead atoms. The predicted molar refractivity (Wildman–Crippen MR) is 109 cm³/mol. The van der Waals surface area contributed by atoms with Crippen molar-refractivity contribution in [1.29, 1.82) is 0 Å². The second kappa shape index (κ2) is 9.33. The van der Waals surface area contributed by atoms with Crippen LogP contribution in [-0.2, 0) is 23.6 Å². The number of aromatic nitrogens is 5. The summed E-state index contributed by atoms with van der Waals surface area (Å²) in [7, 11) is 0. The average molecular weight is 433 g/mol. The van der Waals surface area contributed by atoms with Crippen molar-refractivity contribution in [3.05, 3.63) is 56.4 Å². The lowest BCUT2D eigenvalue weighted by molar-refractivity contribution is 0.0940. The fourth-order valence-electron chi connectivity index (χ4n) is 2.95. The number of aromatic amines is 1. The minimum absolute atomic E-state index is 0.0473. The molecule has 1 aromatic carbocycles. The van der Waals surface area contributed by atoms with Gasteiger partial charge in [0.05, 0.1) is 18.4 Å². The van der Waals surface area contributed by atoms with E-state index in [1.807, 2.05) is 30.3 Å². The number of rotatable bonds is 8. The van der Waals surface area contributed by atoms with E-state index in [0.29, 0.717) is 34.0 Å². The van der Waals surface area contributed by atoms with Crippen LogP contribution in [0.1, 0.15) is 33.2 Å². The molecule has 0 aliphatic carbocycles. The zero-order valence-corrected chi connectivity index (χ0v) is 17.2. The van der Waals surface area contributed by atoms with E-state index in [1.54, 1.807) is 4.57 Å². The van der Waals surface area contributed by atoms with Gasteiger partial charge in [0, 0.05) is 13.2 Å². The summed E-state index contributed by atoms with van der Waals surface area (Å²) in [6.07, 6.45) is 2.00. The lowest BCUT2D eigenvalue weighted by Gasteiger charge is -2.10.